The van der Waals surface area contributed by atoms with Gasteiger partial charge in [0.2, 0.25) is 0 Å². The number of nitrogens with zero attached hydrogens (tertiary/aromatic N) is 1. The van der Waals surface area contributed by atoms with Gasteiger partial charge in [0, 0.05) is 28.9 Å². The lowest BCUT2D eigenvalue weighted by Crippen LogP contribution is -2.17. The topological polar surface area (TPSA) is 24.9 Å². The molecule has 1 aliphatic rings. The molecule has 3 rings (SSSR count). The van der Waals surface area contributed by atoms with E-state index in [1.54, 1.807) is 11.3 Å². The van der Waals surface area contributed by atoms with Crippen molar-refractivity contribution in [3.63, 3.8) is 0 Å². The normalized spacial score (nSPS) is 16.8. The maximum atomic E-state index is 4.34. The van der Waals surface area contributed by atoms with Gasteiger partial charge in [0.05, 0.1) is 0 Å². The third-order valence-corrected chi connectivity index (χ3v) is 4.09. The quantitative estimate of drug-likeness (QED) is 0.878. The summed E-state index contributed by atoms with van der Waals surface area (Å²) in [6, 6.07) is 9.12. The van der Waals surface area contributed by atoms with Crippen LogP contribution in [0.4, 0.5) is 5.69 Å². The van der Waals surface area contributed by atoms with Crippen LogP contribution < -0.4 is 5.32 Å². The predicted molar refractivity (Wildman–Crippen MR) is 73.4 cm³/mol. The summed E-state index contributed by atoms with van der Waals surface area (Å²) in [6.45, 7) is 2.27. The Hall–Kier alpha value is -1.35. The van der Waals surface area contributed by atoms with Crippen molar-refractivity contribution in [1.29, 1.82) is 0 Å². The zero-order valence-corrected chi connectivity index (χ0v) is 10.7. The molecule has 0 radical (unpaired) electrons. The molecule has 1 atom stereocenters. The first kappa shape index (κ1) is 10.8. The van der Waals surface area contributed by atoms with Crippen molar-refractivity contribution < 1.29 is 0 Å². The highest BCUT2D eigenvalue weighted by atomic mass is 32.1. The monoisotopic (exact) mass is 244 g/mol. The average Bonchev–Trinajstić information content (AvgIpc) is 3.05. The fraction of sp³-hybridized carbons (Fsp3) is 0.357. The Labute approximate surface area is 106 Å². The molecule has 1 N–H and O–H groups in total. The Morgan fingerprint density at radius 3 is 3.00 bits per heavy atom. The van der Waals surface area contributed by atoms with E-state index < -0.39 is 0 Å². The van der Waals surface area contributed by atoms with Crippen LogP contribution in [0.3, 0.4) is 0 Å². The van der Waals surface area contributed by atoms with Crippen LogP contribution >= 0.6 is 11.3 Å². The molecule has 0 spiro atoms. The van der Waals surface area contributed by atoms with Crippen molar-refractivity contribution >= 4 is 17.0 Å². The van der Waals surface area contributed by atoms with Crippen molar-refractivity contribution in [3.8, 4) is 10.6 Å². The van der Waals surface area contributed by atoms with Gasteiger partial charge in [-0.25, -0.2) is 4.98 Å². The van der Waals surface area contributed by atoms with E-state index in [1.165, 1.54) is 24.1 Å². The summed E-state index contributed by atoms with van der Waals surface area (Å²) in [5.41, 5.74) is 2.41. The summed E-state index contributed by atoms with van der Waals surface area (Å²) in [7, 11) is 0. The van der Waals surface area contributed by atoms with Crippen LogP contribution in [0.1, 0.15) is 19.8 Å². The zero-order valence-electron chi connectivity index (χ0n) is 9.89. The molecule has 1 aromatic heterocycles. The fourth-order valence-corrected chi connectivity index (χ4v) is 2.72. The van der Waals surface area contributed by atoms with Crippen molar-refractivity contribution in [2.45, 2.75) is 25.8 Å². The lowest BCUT2D eigenvalue weighted by molar-refractivity contribution is 0.694. The molecule has 1 fully saturated rings. The van der Waals surface area contributed by atoms with Crippen LogP contribution in [0.25, 0.3) is 10.6 Å². The second-order valence-corrected chi connectivity index (χ2v) is 5.58. The van der Waals surface area contributed by atoms with E-state index in [2.05, 4.69) is 41.5 Å². The summed E-state index contributed by atoms with van der Waals surface area (Å²) in [4.78, 5) is 4.34. The molecular weight excluding hydrogens is 228 g/mol. The standard InChI is InChI=1S/C14H16N2S/c1-10(11-5-6-11)16-13-4-2-3-12(9-13)14-15-7-8-17-14/h2-4,7-11,16H,5-6H2,1H3. The van der Waals surface area contributed by atoms with Gasteiger partial charge in [0.15, 0.2) is 0 Å². The van der Waals surface area contributed by atoms with E-state index in [4.69, 9.17) is 0 Å². The van der Waals surface area contributed by atoms with Crippen molar-refractivity contribution in [3.05, 3.63) is 35.8 Å². The highest BCUT2D eigenvalue weighted by Crippen LogP contribution is 2.34. The zero-order chi connectivity index (χ0) is 11.7. The molecule has 1 aliphatic carbocycles. The molecule has 17 heavy (non-hydrogen) atoms. The van der Waals surface area contributed by atoms with Gasteiger partial charge in [-0.1, -0.05) is 12.1 Å². The molecule has 88 valence electrons. The van der Waals surface area contributed by atoms with Gasteiger partial charge >= 0.3 is 0 Å². The van der Waals surface area contributed by atoms with E-state index in [9.17, 15) is 0 Å². The van der Waals surface area contributed by atoms with Crippen LogP contribution in [0.2, 0.25) is 0 Å². The molecule has 3 heteroatoms. The minimum atomic E-state index is 0.585. The minimum Gasteiger partial charge on any atom is -0.382 e. The van der Waals surface area contributed by atoms with E-state index >= 15 is 0 Å². The van der Waals surface area contributed by atoms with Crippen LogP contribution in [-0.4, -0.2) is 11.0 Å². The second-order valence-electron chi connectivity index (χ2n) is 4.69. The van der Waals surface area contributed by atoms with Gasteiger partial charge in [-0.2, -0.15) is 0 Å². The third-order valence-electron chi connectivity index (χ3n) is 3.27. The van der Waals surface area contributed by atoms with Gasteiger partial charge < -0.3 is 5.32 Å². The van der Waals surface area contributed by atoms with Crippen molar-refractivity contribution in [2.75, 3.05) is 5.32 Å². The first-order chi connectivity index (χ1) is 8.33. The summed E-state index contributed by atoms with van der Waals surface area (Å²) in [5, 5.41) is 6.69. The number of hydrogen-bond acceptors (Lipinski definition) is 3. The van der Waals surface area contributed by atoms with Crippen molar-refractivity contribution in [1.82, 2.24) is 4.98 Å². The molecule has 1 unspecified atom stereocenters. The molecular formula is C14H16N2S. The molecule has 1 aromatic carbocycles. The van der Waals surface area contributed by atoms with Gasteiger partial charge in [-0.3, -0.25) is 0 Å². The number of hydrogen-bond donors (Lipinski definition) is 1. The first-order valence-electron chi connectivity index (χ1n) is 6.09. The molecule has 0 amide bonds. The maximum Gasteiger partial charge on any atom is 0.123 e. The largest absolute Gasteiger partial charge is 0.382 e. The third kappa shape index (κ3) is 2.50. The maximum absolute atomic E-state index is 4.34. The summed E-state index contributed by atoms with van der Waals surface area (Å²) in [5.74, 6) is 0.874. The van der Waals surface area contributed by atoms with E-state index in [-0.39, 0.29) is 0 Å². The van der Waals surface area contributed by atoms with E-state index in [0.717, 1.165) is 10.9 Å². The SMILES string of the molecule is CC(Nc1cccc(-c2nccs2)c1)C1CC1. The van der Waals surface area contributed by atoms with Crippen LogP contribution in [0.15, 0.2) is 35.8 Å². The molecule has 2 aromatic rings. The Kier molecular flexibility index (Phi) is 2.85. The van der Waals surface area contributed by atoms with E-state index in [0.29, 0.717) is 6.04 Å². The second kappa shape index (κ2) is 4.49. The van der Waals surface area contributed by atoms with Gasteiger partial charge in [0.1, 0.15) is 5.01 Å². The smallest absolute Gasteiger partial charge is 0.123 e. The number of rotatable bonds is 4. The molecule has 2 nitrogen and oxygen atoms in total. The average molecular weight is 244 g/mol. The molecule has 0 aliphatic heterocycles. The van der Waals surface area contributed by atoms with Gasteiger partial charge in [0.25, 0.3) is 0 Å². The number of anilines is 1. The Bertz CT molecular complexity index is 489. The lowest BCUT2D eigenvalue weighted by Gasteiger charge is -2.14. The number of nitrogens with one attached hydrogen (secondary N) is 1. The van der Waals surface area contributed by atoms with E-state index in [1.807, 2.05) is 11.6 Å². The molecule has 1 saturated carbocycles. The number of aromatic nitrogens is 1. The lowest BCUT2D eigenvalue weighted by atomic mass is 10.1. The number of thiazole rings is 1. The molecule has 0 saturated heterocycles. The first-order valence-corrected chi connectivity index (χ1v) is 6.97. The molecule has 0 bridgehead atoms. The van der Waals surface area contributed by atoms with Crippen LogP contribution in [0, 0.1) is 5.92 Å². The molecule has 1 heterocycles. The summed E-state index contributed by atoms with van der Waals surface area (Å²) >= 11 is 1.68. The minimum absolute atomic E-state index is 0.585. The Morgan fingerprint density at radius 1 is 1.41 bits per heavy atom. The highest BCUT2D eigenvalue weighted by molar-refractivity contribution is 7.13. The van der Waals surface area contributed by atoms with Crippen LogP contribution in [-0.2, 0) is 0 Å². The Morgan fingerprint density at radius 2 is 2.29 bits per heavy atom. The number of benzene rings is 1. The predicted octanol–water partition coefficient (Wildman–Crippen LogP) is 4.02. The van der Waals surface area contributed by atoms with Crippen LogP contribution in [0.5, 0.6) is 0 Å². The summed E-state index contributed by atoms with van der Waals surface area (Å²) < 4.78 is 0. The Balaban J connectivity index is 1.79. The fourth-order valence-electron chi connectivity index (χ4n) is 2.08. The summed E-state index contributed by atoms with van der Waals surface area (Å²) in [6.07, 6.45) is 4.60. The van der Waals surface area contributed by atoms with Gasteiger partial charge in [-0.05, 0) is 37.8 Å². The van der Waals surface area contributed by atoms with Crippen molar-refractivity contribution in [2.24, 2.45) is 5.92 Å². The van der Waals surface area contributed by atoms with Gasteiger partial charge in [-0.15, -0.1) is 11.3 Å². The highest BCUT2D eigenvalue weighted by Gasteiger charge is 2.27.